The standard InChI is InChI=1S/C13H12N2O/c1-10-2-3-13(16)12(8-10)15-9-11-4-6-14-7-5-11/h2-9,16H,1H3. The van der Waals surface area contributed by atoms with Gasteiger partial charge in [0, 0.05) is 18.6 Å². The highest BCUT2D eigenvalue weighted by molar-refractivity contribution is 5.82. The monoisotopic (exact) mass is 212 g/mol. The molecule has 0 bridgehead atoms. The minimum Gasteiger partial charge on any atom is -0.506 e. The zero-order valence-corrected chi connectivity index (χ0v) is 8.96. The number of hydrogen-bond donors (Lipinski definition) is 1. The zero-order chi connectivity index (χ0) is 11.4. The fraction of sp³-hybridized carbons (Fsp3) is 0.0769. The maximum Gasteiger partial charge on any atom is 0.141 e. The molecule has 2 rings (SSSR count). The van der Waals surface area contributed by atoms with Crippen LogP contribution in [-0.2, 0) is 0 Å². The van der Waals surface area contributed by atoms with Crippen molar-refractivity contribution in [3.05, 3.63) is 53.9 Å². The van der Waals surface area contributed by atoms with E-state index in [0.717, 1.165) is 11.1 Å². The Morgan fingerprint density at radius 3 is 2.69 bits per heavy atom. The SMILES string of the molecule is Cc1ccc(O)c(N=Cc2ccncc2)c1. The van der Waals surface area contributed by atoms with E-state index in [2.05, 4.69) is 9.98 Å². The van der Waals surface area contributed by atoms with Crippen LogP contribution in [0.3, 0.4) is 0 Å². The third kappa shape index (κ3) is 2.45. The summed E-state index contributed by atoms with van der Waals surface area (Å²) in [6.45, 7) is 1.96. The number of phenolic OH excluding ortho intramolecular Hbond substituents is 1. The van der Waals surface area contributed by atoms with Crippen LogP contribution in [0.1, 0.15) is 11.1 Å². The first-order valence-electron chi connectivity index (χ1n) is 4.99. The normalized spacial score (nSPS) is 10.8. The highest BCUT2D eigenvalue weighted by atomic mass is 16.3. The molecule has 0 aliphatic carbocycles. The Hall–Kier alpha value is -2.16. The number of pyridine rings is 1. The second-order valence-corrected chi connectivity index (χ2v) is 3.53. The Kier molecular flexibility index (Phi) is 2.96. The Balaban J connectivity index is 2.27. The summed E-state index contributed by atoms with van der Waals surface area (Å²) < 4.78 is 0. The van der Waals surface area contributed by atoms with Crippen molar-refractivity contribution in [2.24, 2.45) is 4.99 Å². The summed E-state index contributed by atoms with van der Waals surface area (Å²) in [6.07, 6.45) is 5.12. The molecule has 3 heteroatoms. The van der Waals surface area contributed by atoms with Gasteiger partial charge in [0.2, 0.25) is 0 Å². The highest BCUT2D eigenvalue weighted by Gasteiger charge is 1.97. The van der Waals surface area contributed by atoms with E-state index in [0.29, 0.717) is 5.69 Å². The van der Waals surface area contributed by atoms with Crippen molar-refractivity contribution in [1.82, 2.24) is 4.98 Å². The van der Waals surface area contributed by atoms with Gasteiger partial charge in [-0.3, -0.25) is 9.98 Å². The number of aromatic hydroxyl groups is 1. The summed E-state index contributed by atoms with van der Waals surface area (Å²) >= 11 is 0. The van der Waals surface area contributed by atoms with E-state index in [1.807, 2.05) is 31.2 Å². The average molecular weight is 212 g/mol. The summed E-state index contributed by atoms with van der Waals surface area (Å²) in [7, 11) is 0. The molecule has 0 spiro atoms. The van der Waals surface area contributed by atoms with Crippen LogP contribution in [0.15, 0.2) is 47.7 Å². The average Bonchev–Trinajstić information content (AvgIpc) is 2.32. The quantitative estimate of drug-likeness (QED) is 0.778. The number of rotatable bonds is 2. The minimum absolute atomic E-state index is 0.191. The Bertz CT molecular complexity index is 507. The van der Waals surface area contributed by atoms with E-state index >= 15 is 0 Å². The molecule has 0 saturated heterocycles. The van der Waals surface area contributed by atoms with Crippen LogP contribution in [0.2, 0.25) is 0 Å². The van der Waals surface area contributed by atoms with E-state index in [9.17, 15) is 5.11 Å². The predicted octanol–water partition coefficient (Wildman–Crippen LogP) is 2.85. The van der Waals surface area contributed by atoms with Crippen molar-refractivity contribution in [2.45, 2.75) is 6.92 Å². The fourth-order valence-corrected chi connectivity index (χ4v) is 1.33. The van der Waals surface area contributed by atoms with Gasteiger partial charge in [0.1, 0.15) is 11.4 Å². The number of nitrogens with zero attached hydrogens (tertiary/aromatic N) is 2. The second-order valence-electron chi connectivity index (χ2n) is 3.53. The van der Waals surface area contributed by atoms with Gasteiger partial charge in [-0.15, -0.1) is 0 Å². The molecule has 3 nitrogen and oxygen atoms in total. The van der Waals surface area contributed by atoms with E-state index in [-0.39, 0.29) is 5.75 Å². The van der Waals surface area contributed by atoms with Gasteiger partial charge < -0.3 is 5.11 Å². The Morgan fingerprint density at radius 2 is 1.94 bits per heavy atom. The van der Waals surface area contributed by atoms with Gasteiger partial charge >= 0.3 is 0 Å². The van der Waals surface area contributed by atoms with Gasteiger partial charge in [-0.05, 0) is 42.3 Å². The number of phenols is 1. The van der Waals surface area contributed by atoms with E-state index in [1.165, 1.54) is 0 Å². The summed E-state index contributed by atoms with van der Waals surface area (Å²) in [4.78, 5) is 8.16. The lowest BCUT2D eigenvalue weighted by atomic mass is 10.2. The van der Waals surface area contributed by atoms with Crippen LogP contribution in [0, 0.1) is 6.92 Å². The molecule has 2 aromatic rings. The van der Waals surface area contributed by atoms with Crippen molar-refractivity contribution >= 4 is 11.9 Å². The lowest BCUT2D eigenvalue weighted by Crippen LogP contribution is -1.80. The van der Waals surface area contributed by atoms with Gasteiger partial charge in [-0.2, -0.15) is 0 Å². The molecule has 0 atom stereocenters. The van der Waals surface area contributed by atoms with Crippen molar-refractivity contribution in [1.29, 1.82) is 0 Å². The molecule has 1 aromatic carbocycles. The Labute approximate surface area is 94.1 Å². The number of benzene rings is 1. The van der Waals surface area contributed by atoms with Gasteiger partial charge in [-0.1, -0.05) is 6.07 Å². The largest absolute Gasteiger partial charge is 0.506 e. The molecule has 0 aliphatic heterocycles. The first-order valence-corrected chi connectivity index (χ1v) is 4.99. The lowest BCUT2D eigenvalue weighted by Gasteiger charge is -1.99. The summed E-state index contributed by atoms with van der Waals surface area (Å²) in [6, 6.07) is 9.05. The first kappa shape index (κ1) is 10.4. The molecule has 0 aliphatic rings. The molecule has 16 heavy (non-hydrogen) atoms. The summed E-state index contributed by atoms with van der Waals surface area (Å²) in [5, 5.41) is 9.59. The number of aromatic nitrogens is 1. The van der Waals surface area contributed by atoms with Gasteiger partial charge in [0.15, 0.2) is 0 Å². The molecule has 1 heterocycles. The minimum atomic E-state index is 0.191. The molecule has 0 unspecified atom stereocenters. The maximum absolute atomic E-state index is 9.59. The zero-order valence-electron chi connectivity index (χ0n) is 8.96. The van der Waals surface area contributed by atoms with Crippen LogP contribution in [0.25, 0.3) is 0 Å². The van der Waals surface area contributed by atoms with Crippen LogP contribution in [0.4, 0.5) is 5.69 Å². The molecule has 0 fully saturated rings. The molecule has 1 N–H and O–H groups in total. The lowest BCUT2D eigenvalue weighted by molar-refractivity contribution is 0.477. The van der Waals surface area contributed by atoms with Crippen molar-refractivity contribution in [3.63, 3.8) is 0 Å². The first-order chi connectivity index (χ1) is 7.75. The molecule has 0 radical (unpaired) electrons. The van der Waals surface area contributed by atoms with Crippen LogP contribution >= 0.6 is 0 Å². The van der Waals surface area contributed by atoms with E-state index in [1.54, 1.807) is 24.7 Å². The van der Waals surface area contributed by atoms with E-state index < -0.39 is 0 Å². The number of aryl methyl sites for hydroxylation is 1. The van der Waals surface area contributed by atoms with Gasteiger partial charge in [-0.25, -0.2) is 0 Å². The van der Waals surface area contributed by atoms with Crippen molar-refractivity contribution in [3.8, 4) is 5.75 Å². The number of aliphatic imine (C=N–C) groups is 1. The third-order valence-corrected chi connectivity index (χ3v) is 2.19. The van der Waals surface area contributed by atoms with Crippen LogP contribution in [-0.4, -0.2) is 16.3 Å². The van der Waals surface area contributed by atoms with Crippen molar-refractivity contribution in [2.75, 3.05) is 0 Å². The van der Waals surface area contributed by atoms with Gasteiger partial charge in [0.25, 0.3) is 0 Å². The molecule has 0 amide bonds. The molecule has 1 aromatic heterocycles. The topological polar surface area (TPSA) is 45.5 Å². The van der Waals surface area contributed by atoms with Gasteiger partial charge in [0.05, 0.1) is 0 Å². The maximum atomic E-state index is 9.59. The number of hydrogen-bond acceptors (Lipinski definition) is 3. The summed E-state index contributed by atoms with van der Waals surface area (Å²) in [5.41, 5.74) is 2.60. The summed E-state index contributed by atoms with van der Waals surface area (Å²) in [5.74, 6) is 0.191. The van der Waals surface area contributed by atoms with Crippen LogP contribution < -0.4 is 0 Å². The fourth-order valence-electron chi connectivity index (χ4n) is 1.33. The van der Waals surface area contributed by atoms with Crippen LogP contribution in [0.5, 0.6) is 5.75 Å². The van der Waals surface area contributed by atoms with Crippen molar-refractivity contribution < 1.29 is 5.11 Å². The second kappa shape index (κ2) is 4.57. The van der Waals surface area contributed by atoms with E-state index in [4.69, 9.17) is 0 Å². The molecular formula is C13H12N2O. The smallest absolute Gasteiger partial charge is 0.141 e. The highest BCUT2D eigenvalue weighted by Crippen LogP contribution is 2.26. The third-order valence-electron chi connectivity index (χ3n) is 2.19. The predicted molar refractivity (Wildman–Crippen MR) is 64.3 cm³/mol. The molecular weight excluding hydrogens is 200 g/mol. The Morgan fingerprint density at radius 1 is 1.19 bits per heavy atom. The molecule has 0 saturated carbocycles. The molecule has 80 valence electrons.